The number of nitrogens with one attached hydrogen (secondary N) is 2. The number of imidazole rings is 1. The fourth-order valence-corrected chi connectivity index (χ4v) is 4.87. The maximum absolute atomic E-state index is 13.0. The lowest BCUT2D eigenvalue weighted by atomic mass is 9.78. The summed E-state index contributed by atoms with van der Waals surface area (Å²) in [5.41, 5.74) is 0.0246. The summed E-state index contributed by atoms with van der Waals surface area (Å²) in [5, 5.41) is 3.32. The molecule has 2 N–H and O–H groups in total. The summed E-state index contributed by atoms with van der Waals surface area (Å²) in [6, 6.07) is 0.379. The molecule has 0 radical (unpaired) electrons. The molecule has 0 unspecified atom stereocenters. The van der Waals surface area contributed by atoms with Gasteiger partial charge in [0.1, 0.15) is 5.82 Å². The van der Waals surface area contributed by atoms with Crippen LogP contribution in [0.3, 0.4) is 0 Å². The van der Waals surface area contributed by atoms with Crippen molar-refractivity contribution >= 4 is 6.03 Å². The number of piperidine rings is 1. The SMILES string of the molecule is O=C(N[C@@H]1CCOC2(CCCCC2)C1)N1CCCC[C@H]1c1ncc[nH]1. The van der Waals surface area contributed by atoms with E-state index in [0.29, 0.717) is 0 Å². The van der Waals surface area contributed by atoms with E-state index in [1.165, 1.54) is 19.3 Å². The molecule has 1 spiro atoms. The standard InChI is InChI=1S/C19H30N4O2/c24-18(23-12-5-2-6-16(23)17-20-10-11-21-17)22-15-7-13-25-19(14-15)8-3-1-4-9-19/h10-11,15-16H,1-9,12-14H2,(H,20,21)(H,22,24)/t15-,16+/m1/s1. The zero-order valence-electron chi connectivity index (χ0n) is 15.0. The van der Waals surface area contributed by atoms with Crippen LogP contribution in [0.4, 0.5) is 4.79 Å². The minimum atomic E-state index is 0.0246. The van der Waals surface area contributed by atoms with Crippen molar-refractivity contribution in [1.82, 2.24) is 20.2 Å². The van der Waals surface area contributed by atoms with Crippen LogP contribution in [0.2, 0.25) is 0 Å². The minimum Gasteiger partial charge on any atom is -0.375 e. The Labute approximate surface area is 149 Å². The molecule has 2 saturated heterocycles. The van der Waals surface area contributed by atoms with Gasteiger partial charge in [-0.15, -0.1) is 0 Å². The topological polar surface area (TPSA) is 70.2 Å². The predicted octanol–water partition coefficient (Wildman–Crippen LogP) is 3.53. The van der Waals surface area contributed by atoms with Gasteiger partial charge in [0.2, 0.25) is 0 Å². The van der Waals surface area contributed by atoms with E-state index in [4.69, 9.17) is 4.74 Å². The summed E-state index contributed by atoms with van der Waals surface area (Å²) in [7, 11) is 0. The van der Waals surface area contributed by atoms with E-state index >= 15 is 0 Å². The molecular weight excluding hydrogens is 316 g/mol. The largest absolute Gasteiger partial charge is 0.375 e. The fraction of sp³-hybridized carbons (Fsp3) is 0.789. The van der Waals surface area contributed by atoms with Gasteiger partial charge in [0, 0.05) is 31.6 Å². The number of carbonyl (C=O) groups is 1. The first-order chi connectivity index (χ1) is 12.3. The first-order valence-electron chi connectivity index (χ1n) is 9.96. The first-order valence-corrected chi connectivity index (χ1v) is 9.96. The lowest BCUT2D eigenvalue weighted by Gasteiger charge is -2.44. The fourth-order valence-electron chi connectivity index (χ4n) is 4.87. The number of carbonyl (C=O) groups excluding carboxylic acids is 1. The van der Waals surface area contributed by atoms with E-state index in [0.717, 1.165) is 63.9 Å². The Hall–Kier alpha value is -1.56. The number of hydrogen-bond acceptors (Lipinski definition) is 3. The van der Waals surface area contributed by atoms with Crippen molar-refractivity contribution in [3.8, 4) is 0 Å². The highest BCUT2D eigenvalue weighted by molar-refractivity contribution is 5.75. The van der Waals surface area contributed by atoms with Gasteiger partial charge in [-0.1, -0.05) is 19.3 Å². The lowest BCUT2D eigenvalue weighted by Crippen LogP contribution is -2.53. The number of H-pyrrole nitrogens is 1. The molecule has 138 valence electrons. The van der Waals surface area contributed by atoms with Crippen molar-refractivity contribution in [1.29, 1.82) is 0 Å². The Morgan fingerprint density at radius 3 is 2.92 bits per heavy atom. The predicted molar refractivity (Wildman–Crippen MR) is 95.2 cm³/mol. The van der Waals surface area contributed by atoms with Crippen LogP contribution >= 0.6 is 0 Å². The smallest absolute Gasteiger partial charge is 0.318 e. The average Bonchev–Trinajstić information content (AvgIpc) is 3.17. The van der Waals surface area contributed by atoms with Gasteiger partial charge in [0.15, 0.2) is 0 Å². The quantitative estimate of drug-likeness (QED) is 0.860. The molecule has 25 heavy (non-hydrogen) atoms. The number of urea groups is 1. The molecule has 3 fully saturated rings. The third kappa shape index (κ3) is 3.68. The maximum Gasteiger partial charge on any atom is 0.318 e. The number of hydrogen-bond donors (Lipinski definition) is 2. The number of nitrogens with zero attached hydrogens (tertiary/aromatic N) is 2. The summed E-state index contributed by atoms with van der Waals surface area (Å²) in [6.07, 6.45) is 14.8. The molecule has 3 aliphatic rings. The van der Waals surface area contributed by atoms with Gasteiger partial charge in [-0.05, 0) is 44.9 Å². The average molecular weight is 346 g/mol. The Balaban J connectivity index is 1.40. The van der Waals surface area contributed by atoms with Crippen LogP contribution in [0, 0.1) is 0 Å². The highest BCUT2D eigenvalue weighted by Gasteiger charge is 2.40. The molecule has 0 aromatic carbocycles. The minimum absolute atomic E-state index is 0.0246. The zero-order valence-corrected chi connectivity index (χ0v) is 15.0. The van der Waals surface area contributed by atoms with Gasteiger partial charge in [0.05, 0.1) is 11.6 Å². The van der Waals surface area contributed by atoms with Crippen LogP contribution in [0.1, 0.15) is 76.1 Å². The van der Waals surface area contributed by atoms with Gasteiger partial charge in [0.25, 0.3) is 0 Å². The van der Waals surface area contributed by atoms with E-state index in [1.807, 2.05) is 11.1 Å². The number of likely N-dealkylation sites (tertiary alicyclic amines) is 1. The highest BCUT2D eigenvalue weighted by Crippen LogP contribution is 2.38. The van der Waals surface area contributed by atoms with E-state index in [1.54, 1.807) is 6.20 Å². The normalized spacial score (nSPS) is 29.5. The molecule has 6 heteroatoms. The summed E-state index contributed by atoms with van der Waals surface area (Å²) in [6.45, 7) is 1.58. The van der Waals surface area contributed by atoms with Gasteiger partial charge >= 0.3 is 6.03 Å². The first kappa shape index (κ1) is 16.9. The van der Waals surface area contributed by atoms with E-state index in [-0.39, 0.29) is 23.7 Å². The van der Waals surface area contributed by atoms with Crippen LogP contribution in [-0.2, 0) is 4.74 Å². The number of ether oxygens (including phenoxy) is 1. The van der Waals surface area contributed by atoms with Crippen molar-refractivity contribution in [2.75, 3.05) is 13.2 Å². The second kappa shape index (κ2) is 7.36. The number of amides is 2. The summed E-state index contributed by atoms with van der Waals surface area (Å²) in [4.78, 5) is 22.5. The molecule has 1 aromatic rings. The van der Waals surface area contributed by atoms with Gasteiger partial charge in [-0.2, -0.15) is 0 Å². The third-order valence-electron chi connectivity index (χ3n) is 6.18. The van der Waals surface area contributed by atoms with E-state index in [9.17, 15) is 4.79 Å². The van der Waals surface area contributed by atoms with E-state index < -0.39 is 0 Å². The van der Waals surface area contributed by atoms with Crippen LogP contribution in [-0.4, -0.2) is 45.7 Å². The van der Waals surface area contributed by atoms with Crippen LogP contribution in [0.5, 0.6) is 0 Å². The molecule has 6 nitrogen and oxygen atoms in total. The summed E-state index contributed by atoms with van der Waals surface area (Å²) >= 11 is 0. The summed E-state index contributed by atoms with van der Waals surface area (Å²) < 4.78 is 6.16. The molecule has 1 aromatic heterocycles. The lowest BCUT2D eigenvalue weighted by molar-refractivity contribution is -0.108. The van der Waals surface area contributed by atoms with Crippen molar-refractivity contribution in [3.63, 3.8) is 0 Å². The third-order valence-corrected chi connectivity index (χ3v) is 6.18. The van der Waals surface area contributed by atoms with Gasteiger partial charge in [-0.3, -0.25) is 0 Å². The maximum atomic E-state index is 13.0. The zero-order chi connectivity index (χ0) is 17.1. The number of aromatic amines is 1. The highest BCUT2D eigenvalue weighted by atomic mass is 16.5. The molecule has 3 heterocycles. The summed E-state index contributed by atoms with van der Waals surface area (Å²) in [5.74, 6) is 0.908. The van der Waals surface area contributed by atoms with Crippen molar-refractivity contribution in [2.45, 2.75) is 81.9 Å². The number of aromatic nitrogens is 2. The Kier molecular flexibility index (Phi) is 4.97. The molecule has 4 rings (SSSR count). The molecule has 2 aliphatic heterocycles. The van der Waals surface area contributed by atoms with E-state index in [2.05, 4.69) is 15.3 Å². The number of rotatable bonds is 2. The Morgan fingerprint density at radius 1 is 1.24 bits per heavy atom. The molecule has 0 bridgehead atoms. The Morgan fingerprint density at radius 2 is 2.12 bits per heavy atom. The second-order valence-corrected chi connectivity index (χ2v) is 7.91. The molecule has 2 amide bonds. The van der Waals surface area contributed by atoms with Crippen LogP contribution in [0.15, 0.2) is 12.4 Å². The Bertz CT molecular complexity index is 562. The molecule has 1 saturated carbocycles. The van der Waals surface area contributed by atoms with Crippen molar-refractivity contribution in [2.24, 2.45) is 0 Å². The molecular formula is C19H30N4O2. The van der Waals surface area contributed by atoms with Crippen LogP contribution in [0.25, 0.3) is 0 Å². The molecule has 1 aliphatic carbocycles. The van der Waals surface area contributed by atoms with Gasteiger partial charge < -0.3 is 19.9 Å². The van der Waals surface area contributed by atoms with Crippen molar-refractivity contribution < 1.29 is 9.53 Å². The second-order valence-electron chi connectivity index (χ2n) is 7.91. The monoisotopic (exact) mass is 346 g/mol. The van der Waals surface area contributed by atoms with Gasteiger partial charge in [-0.25, -0.2) is 9.78 Å². The van der Waals surface area contributed by atoms with Crippen LogP contribution < -0.4 is 5.32 Å². The van der Waals surface area contributed by atoms with Crippen molar-refractivity contribution in [3.05, 3.63) is 18.2 Å². The molecule has 2 atom stereocenters.